The summed E-state index contributed by atoms with van der Waals surface area (Å²) in [6, 6.07) is 8.51. The topological polar surface area (TPSA) is 20.3 Å². The highest BCUT2D eigenvalue weighted by Gasteiger charge is 2.22. The molecule has 0 aromatic heterocycles. The summed E-state index contributed by atoms with van der Waals surface area (Å²) >= 11 is 1.89. The minimum absolute atomic E-state index is 0.329. The second-order valence-corrected chi connectivity index (χ2v) is 7.19. The summed E-state index contributed by atoms with van der Waals surface area (Å²) in [6.45, 7) is 1.70. The molecule has 1 heterocycles. The van der Waals surface area contributed by atoms with E-state index in [1.165, 1.54) is 43.2 Å². The number of benzene rings is 1. The monoisotopic (exact) mass is 289 g/mol. The molecule has 0 saturated heterocycles. The van der Waals surface area contributed by atoms with E-state index >= 15 is 0 Å². The lowest BCUT2D eigenvalue weighted by atomic mass is 10.00. The van der Waals surface area contributed by atoms with Crippen molar-refractivity contribution in [2.24, 2.45) is 0 Å². The molecule has 0 bridgehead atoms. The van der Waals surface area contributed by atoms with Gasteiger partial charge in [0.1, 0.15) is 0 Å². The number of carbonyl (C=O) groups excluding carboxylic acids is 1. The molecule has 1 saturated carbocycles. The first-order valence-corrected chi connectivity index (χ1v) is 8.84. The molecule has 1 aliphatic heterocycles. The maximum absolute atomic E-state index is 12.4. The Kier molecular flexibility index (Phi) is 4.66. The fraction of sp³-hybridized carbons (Fsp3) is 0.588. The van der Waals surface area contributed by atoms with Crippen molar-refractivity contribution in [1.29, 1.82) is 0 Å². The van der Waals surface area contributed by atoms with Crippen LogP contribution in [0.3, 0.4) is 0 Å². The number of hydrogen-bond donors (Lipinski definition) is 0. The Bertz CT molecular complexity index is 468. The van der Waals surface area contributed by atoms with Gasteiger partial charge in [-0.2, -0.15) is 0 Å². The van der Waals surface area contributed by atoms with Gasteiger partial charge in [-0.15, -0.1) is 11.8 Å². The second kappa shape index (κ2) is 6.66. The standard InChI is InChI=1S/C17H23NOS/c19-17(13-20-16-8-2-1-3-9-16)18-11-10-14-6-4-5-7-15(14)12-18/h4-7,16H,1-3,8-13H2. The van der Waals surface area contributed by atoms with Crippen LogP contribution in [0.1, 0.15) is 43.2 Å². The average Bonchev–Trinajstić information content (AvgIpc) is 2.53. The van der Waals surface area contributed by atoms with Crippen LogP contribution >= 0.6 is 11.8 Å². The van der Waals surface area contributed by atoms with Crippen molar-refractivity contribution < 1.29 is 4.79 Å². The molecule has 0 unspecified atom stereocenters. The van der Waals surface area contributed by atoms with E-state index in [9.17, 15) is 4.79 Å². The Balaban J connectivity index is 1.51. The summed E-state index contributed by atoms with van der Waals surface area (Å²) < 4.78 is 0. The van der Waals surface area contributed by atoms with E-state index in [2.05, 4.69) is 24.3 Å². The zero-order valence-corrected chi connectivity index (χ0v) is 12.8. The molecular weight excluding hydrogens is 266 g/mol. The van der Waals surface area contributed by atoms with Crippen molar-refractivity contribution >= 4 is 17.7 Å². The number of hydrogen-bond acceptors (Lipinski definition) is 2. The van der Waals surface area contributed by atoms with Gasteiger partial charge in [-0.05, 0) is 30.4 Å². The lowest BCUT2D eigenvalue weighted by Crippen LogP contribution is -2.37. The summed E-state index contributed by atoms with van der Waals surface area (Å²) in [5.74, 6) is 1.00. The molecule has 1 aliphatic carbocycles. The van der Waals surface area contributed by atoms with E-state index in [-0.39, 0.29) is 0 Å². The molecule has 0 N–H and O–H groups in total. The van der Waals surface area contributed by atoms with Crippen molar-refractivity contribution in [2.45, 2.75) is 50.3 Å². The first-order chi connectivity index (χ1) is 9.83. The maximum Gasteiger partial charge on any atom is 0.232 e. The molecule has 0 atom stereocenters. The van der Waals surface area contributed by atoms with Crippen LogP contribution < -0.4 is 0 Å². The Morgan fingerprint density at radius 2 is 1.90 bits per heavy atom. The van der Waals surface area contributed by atoms with Crippen molar-refractivity contribution in [2.75, 3.05) is 12.3 Å². The van der Waals surface area contributed by atoms with Gasteiger partial charge < -0.3 is 4.90 Å². The second-order valence-electron chi connectivity index (χ2n) is 5.91. The van der Waals surface area contributed by atoms with Gasteiger partial charge in [0.15, 0.2) is 0 Å². The van der Waals surface area contributed by atoms with Crippen molar-refractivity contribution in [3.05, 3.63) is 35.4 Å². The Morgan fingerprint density at radius 3 is 2.70 bits per heavy atom. The minimum Gasteiger partial charge on any atom is -0.337 e. The molecular formula is C17H23NOS. The number of fused-ring (bicyclic) bond motifs is 1. The highest BCUT2D eigenvalue weighted by Crippen LogP contribution is 2.28. The number of thioether (sulfide) groups is 1. The van der Waals surface area contributed by atoms with Crippen LogP contribution in [0.25, 0.3) is 0 Å². The van der Waals surface area contributed by atoms with Gasteiger partial charge in [0.05, 0.1) is 5.75 Å². The molecule has 108 valence electrons. The van der Waals surface area contributed by atoms with Crippen LogP contribution in [0.5, 0.6) is 0 Å². The first kappa shape index (κ1) is 14.0. The average molecular weight is 289 g/mol. The third-order valence-corrected chi connectivity index (χ3v) is 5.83. The van der Waals surface area contributed by atoms with Crippen molar-refractivity contribution in [1.82, 2.24) is 4.90 Å². The predicted octanol–water partition coefficient (Wildman–Crippen LogP) is 3.64. The fourth-order valence-electron chi connectivity index (χ4n) is 3.22. The quantitative estimate of drug-likeness (QED) is 0.847. The smallest absolute Gasteiger partial charge is 0.232 e. The molecule has 1 aromatic rings. The van der Waals surface area contributed by atoms with E-state index < -0.39 is 0 Å². The largest absolute Gasteiger partial charge is 0.337 e. The highest BCUT2D eigenvalue weighted by atomic mass is 32.2. The maximum atomic E-state index is 12.4. The molecule has 3 heteroatoms. The fourth-order valence-corrected chi connectivity index (χ4v) is 4.45. The molecule has 0 spiro atoms. The third kappa shape index (κ3) is 3.38. The summed E-state index contributed by atoms with van der Waals surface area (Å²) in [5, 5.41) is 0.727. The Hall–Kier alpha value is -0.960. The molecule has 2 nitrogen and oxygen atoms in total. The number of amides is 1. The zero-order valence-electron chi connectivity index (χ0n) is 12.0. The highest BCUT2D eigenvalue weighted by molar-refractivity contribution is 8.00. The van der Waals surface area contributed by atoms with Gasteiger partial charge in [0, 0.05) is 18.3 Å². The van der Waals surface area contributed by atoms with E-state index in [1.54, 1.807) is 0 Å². The van der Waals surface area contributed by atoms with E-state index in [4.69, 9.17) is 0 Å². The summed E-state index contributed by atoms with van der Waals surface area (Å²) in [4.78, 5) is 14.4. The first-order valence-electron chi connectivity index (χ1n) is 7.79. The van der Waals surface area contributed by atoms with Crippen LogP contribution in [-0.2, 0) is 17.8 Å². The van der Waals surface area contributed by atoms with Gasteiger partial charge in [-0.1, -0.05) is 43.5 Å². The number of nitrogens with zero attached hydrogens (tertiary/aromatic N) is 1. The predicted molar refractivity (Wildman–Crippen MR) is 84.9 cm³/mol. The normalized spacial score (nSPS) is 19.7. The molecule has 1 fully saturated rings. The lowest BCUT2D eigenvalue weighted by molar-refractivity contribution is -0.129. The zero-order chi connectivity index (χ0) is 13.8. The van der Waals surface area contributed by atoms with Gasteiger partial charge in [0.2, 0.25) is 5.91 Å². The van der Waals surface area contributed by atoms with Crippen molar-refractivity contribution in [3.63, 3.8) is 0 Å². The van der Waals surface area contributed by atoms with Gasteiger partial charge >= 0.3 is 0 Å². The molecule has 3 rings (SSSR count). The van der Waals surface area contributed by atoms with Crippen molar-refractivity contribution in [3.8, 4) is 0 Å². The molecule has 1 aromatic carbocycles. The number of rotatable bonds is 3. The van der Waals surface area contributed by atoms with E-state index in [1.807, 2.05) is 16.7 Å². The molecule has 20 heavy (non-hydrogen) atoms. The molecule has 1 amide bonds. The van der Waals surface area contributed by atoms with Crippen LogP contribution in [0, 0.1) is 0 Å². The van der Waals surface area contributed by atoms with Gasteiger partial charge in [-0.3, -0.25) is 4.79 Å². The third-order valence-electron chi connectivity index (χ3n) is 4.48. The molecule has 2 aliphatic rings. The van der Waals surface area contributed by atoms with Crippen LogP contribution in [0.15, 0.2) is 24.3 Å². The SMILES string of the molecule is O=C(CSC1CCCCC1)N1CCc2ccccc2C1. The summed E-state index contributed by atoms with van der Waals surface area (Å²) in [5.41, 5.74) is 2.74. The number of carbonyl (C=O) groups is 1. The molecule has 0 radical (unpaired) electrons. The van der Waals surface area contributed by atoms with Gasteiger partial charge in [-0.25, -0.2) is 0 Å². The van der Waals surface area contributed by atoms with Gasteiger partial charge in [0.25, 0.3) is 0 Å². The van der Waals surface area contributed by atoms with Crippen LogP contribution in [-0.4, -0.2) is 28.4 Å². The Labute approximate surface area is 125 Å². The van der Waals surface area contributed by atoms with Crippen LogP contribution in [0.2, 0.25) is 0 Å². The summed E-state index contributed by atoms with van der Waals surface area (Å²) in [6.07, 6.45) is 7.71. The lowest BCUT2D eigenvalue weighted by Gasteiger charge is -2.29. The van der Waals surface area contributed by atoms with E-state index in [0.29, 0.717) is 11.7 Å². The van der Waals surface area contributed by atoms with Crippen LogP contribution in [0.4, 0.5) is 0 Å². The Morgan fingerprint density at radius 1 is 1.15 bits per heavy atom. The summed E-state index contributed by atoms with van der Waals surface area (Å²) in [7, 11) is 0. The van der Waals surface area contributed by atoms with E-state index in [0.717, 1.165) is 24.8 Å². The minimum atomic E-state index is 0.329.